The van der Waals surface area contributed by atoms with Crippen LogP contribution in [0.3, 0.4) is 0 Å². The summed E-state index contributed by atoms with van der Waals surface area (Å²) in [6.07, 6.45) is 4.04. The highest BCUT2D eigenvalue weighted by Crippen LogP contribution is 2.37. The molecule has 0 radical (unpaired) electrons. The molecular formula is C18H21ClN4O. The Labute approximate surface area is 146 Å². The third kappa shape index (κ3) is 2.62. The predicted octanol–water partition coefficient (Wildman–Crippen LogP) is 2.64. The van der Waals surface area contributed by atoms with Crippen LogP contribution in [0.2, 0.25) is 5.02 Å². The van der Waals surface area contributed by atoms with Crippen molar-refractivity contribution in [2.45, 2.75) is 25.8 Å². The van der Waals surface area contributed by atoms with Crippen molar-refractivity contribution < 1.29 is 4.79 Å². The van der Waals surface area contributed by atoms with Crippen molar-refractivity contribution in [1.82, 2.24) is 14.7 Å². The van der Waals surface area contributed by atoms with Gasteiger partial charge >= 0.3 is 0 Å². The highest BCUT2D eigenvalue weighted by molar-refractivity contribution is 6.30. The van der Waals surface area contributed by atoms with Crippen LogP contribution in [0.25, 0.3) is 5.69 Å². The molecule has 2 fully saturated rings. The third-order valence-electron chi connectivity index (χ3n) is 5.42. The van der Waals surface area contributed by atoms with Crippen molar-refractivity contribution in [2.24, 2.45) is 17.6 Å². The lowest BCUT2D eigenvalue weighted by Crippen LogP contribution is -2.33. The fourth-order valence-corrected chi connectivity index (χ4v) is 4.17. The minimum atomic E-state index is 0.0642. The fraction of sp³-hybridized carbons (Fsp3) is 0.444. The molecule has 1 aliphatic heterocycles. The third-order valence-corrected chi connectivity index (χ3v) is 5.67. The Morgan fingerprint density at radius 1 is 1.25 bits per heavy atom. The summed E-state index contributed by atoms with van der Waals surface area (Å²) in [6, 6.07) is 7.66. The molecule has 6 heteroatoms. The quantitative estimate of drug-likeness (QED) is 0.910. The Balaban J connectivity index is 1.56. The molecule has 5 nitrogen and oxygen atoms in total. The molecule has 2 N–H and O–H groups in total. The maximum Gasteiger partial charge on any atom is 0.257 e. The number of likely N-dealkylation sites (tertiary alicyclic amines) is 1. The Bertz CT molecular complexity index is 770. The van der Waals surface area contributed by atoms with E-state index >= 15 is 0 Å². The molecule has 1 amide bonds. The van der Waals surface area contributed by atoms with E-state index in [1.165, 1.54) is 0 Å². The first-order valence-corrected chi connectivity index (χ1v) is 8.78. The molecular weight excluding hydrogens is 324 g/mol. The van der Waals surface area contributed by atoms with E-state index in [4.69, 9.17) is 17.3 Å². The summed E-state index contributed by atoms with van der Waals surface area (Å²) >= 11 is 5.93. The SMILES string of the molecule is Cc1nn(-c2ccc(Cl)cc2)cc1C(=O)N1CC2CCC(N)C2C1. The molecule has 24 heavy (non-hydrogen) atoms. The fourth-order valence-electron chi connectivity index (χ4n) is 4.04. The molecule has 1 aromatic carbocycles. The van der Waals surface area contributed by atoms with E-state index < -0.39 is 0 Å². The van der Waals surface area contributed by atoms with Crippen LogP contribution in [0.4, 0.5) is 0 Å². The number of nitrogens with two attached hydrogens (primary N) is 1. The van der Waals surface area contributed by atoms with Crippen molar-refractivity contribution in [3.63, 3.8) is 0 Å². The molecule has 1 aromatic heterocycles. The van der Waals surface area contributed by atoms with Crippen LogP contribution < -0.4 is 5.73 Å². The van der Waals surface area contributed by atoms with Crippen LogP contribution in [0.1, 0.15) is 28.9 Å². The van der Waals surface area contributed by atoms with Crippen molar-refractivity contribution in [1.29, 1.82) is 0 Å². The summed E-state index contributed by atoms with van der Waals surface area (Å²) in [5.41, 5.74) is 8.48. The normalized spacial score (nSPS) is 26.0. The number of amides is 1. The molecule has 2 aliphatic rings. The van der Waals surface area contributed by atoms with Gasteiger partial charge in [-0.3, -0.25) is 4.79 Å². The molecule has 2 heterocycles. The number of nitrogens with zero attached hydrogens (tertiary/aromatic N) is 3. The smallest absolute Gasteiger partial charge is 0.257 e. The molecule has 1 saturated heterocycles. The second kappa shape index (κ2) is 5.90. The Kier molecular flexibility index (Phi) is 3.85. The van der Waals surface area contributed by atoms with Gasteiger partial charge in [0.2, 0.25) is 0 Å². The maximum atomic E-state index is 12.9. The van der Waals surface area contributed by atoms with Gasteiger partial charge in [0.05, 0.1) is 16.9 Å². The highest BCUT2D eigenvalue weighted by Gasteiger charge is 2.42. The summed E-state index contributed by atoms with van der Waals surface area (Å²) in [6.45, 7) is 3.47. The summed E-state index contributed by atoms with van der Waals surface area (Å²) in [5.74, 6) is 1.09. The molecule has 0 spiro atoms. The summed E-state index contributed by atoms with van der Waals surface area (Å²) in [4.78, 5) is 14.9. The van der Waals surface area contributed by atoms with Crippen LogP contribution in [0.5, 0.6) is 0 Å². The zero-order valence-electron chi connectivity index (χ0n) is 13.7. The zero-order valence-corrected chi connectivity index (χ0v) is 14.4. The number of hydrogen-bond acceptors (Lipinski definition) is 3. The van der Waals surface area contributed by atoms with Crippen molar-refractivity contribution in [3.8, 4) is 5.69 Å². The van der Waals surface area contributed by atoms with Crippen LogP contribution in [0.15, 0.2) is 30.5 Å². The Morgan fingerprint density at radius 2 is 2.00 bits per heavy atom. The van der Waals surface area contributed by atoms with E-state index in [-0.39, 0.29) is 11.9 Å². The largest absolute Gasteiger partial charge is 0.338 e. The molecule has 3 unspecified atom stereocenters. The average Bonchev–Trinajstić information content (AvgIpc) is 3.24. The molecule has 1 saturated carbocycles. The van der Waals surface area contributed by atoms with E-state index in [1.807, 2.05) is 42.3 Å². The average molecular weight is 345 g/mol. The number of aromatic nitrogens is 2. The Hall–Kier alpha value is -1.85. The van der Waals surface area contributed by atoms with Gasteiger partial charge in [-0.2, -0.15) is 5.10 Å². The van der Waals surface area contributed by atoms with E-state index in [0.717, 1.165) is 37.3 Å². The van der Waals surface area contributed by atoms with E-state index in [1.54, 1.807) is 4.68 Å². The van der Waals surface area contributed by atoms with Gasteiger partial charge in [-0.05, 0) is 55.9 Å². The first-order valence-electron chi connectivity index (χ1n) is 8.40. The van der Waals surface area contributed by atoms with Gasteiger partial charge in [-0.1, -0.05) is 11.6 Å². The van der Waals surface area contributed by atoms with Crippen LogP contribution in [0, 0.1) is 18.8 Å². The van der Waals surface area contributed by atoms with Gasteiger partial charge in [-0.15, -0.1) is 0 Å². The van der Waals surface area contributed by atoms with E-state index in [2.05, 4.69) is 5.10 Å². The lowest BCUT2D eigenvalue weighted by atomic mass is 9.98. The van der Waals surface area contributed by atoms with Crippen molar-refractivity contribution in [3.05, 3.63) is 46.7 Å². The van der Waals surface area contributed by atoms with Crippen molar-refractivity contribution >= 4 is 17.5 Å². The van der Waals surface area contributed by atoms with E-state index in [9.17, 15) is 4.79 Å². The second-order valence-corrected chi connectivity index (χ2v) is 7.36. The molecule has 3 atom stereocenters. The number of aryl methyl sites for hydroxylation is 1. The number of carbonyl (C=O) groups is 1. The first-order chi connectivity index (χ1) is 11.5. The zero-order chi connectivity index (χ0) is 16.8. The first kappa shape index (κ1) is 15.7. The minimum Gasteiger partial charge on any atom is -0.338 e. The standard InChI is InChI=1S/C18H21ClN4O/c1-11-15(10-23(21-11)14-5-3-13(19)4-6-14)18(24)22-8-12-2-7-17(20)16(12)9-22/h3-6,10,12,16-17H,2,7-9,20H2,1H3. The number of benzene rings is 1. The van der Waals surface area contributed by atoms with Crippen molar-refractivity contribution in [2.75, 3.05) is 13.1 Å². The van der Waals surface area contributed by atoms with Gasteiger partial charge < -0.3 is 10.6 Å². The molecule has 0 bridgehead atoms. The maximum absolute atomic E-state index is 12.9. The highest BCUT2D eigenvalue weighted by atomic mass is 35.5. The molecule has 2 aromatic rings. The summed E-state index contributed by atoms with van der Waals surface area (Å²) < 4.78 is 1.74. The topological polar surface area (TPSA) is 64.2 Å². The van der Waals surface area contributed by atoms with Gasteiger partial charge in [0.1, 0.15) is 0 Å². The lowest BCUT2D eigenvalue weighted by Gasteiger charge is -2.18. The second-order valence-electron chi connectivity index (χ2n) is 6.92. The number of halogens is 1. The minimum absolute atomic E-state index is 0.0642. The monoisotopic (exact) mass is 344 g/mol. The number of carbonyl (C=O) groups excluding carboxylic acids is 1. The van der Waals surface area contributed by atoms with Crippen LogP contribution >= 0.6 is 11.6 Å². The molecule has 4 rings (SSSR count). The predicted molar refractivity (Wildman–Crippen MR) is 93.4 cm³/mol. The number of fused-ring (bicyclic) bond motifs is 1. The molecule has 1 aliphatic carbocycles. The number of hydrogen-bond donors (Lipinski definition) is 1. The lowest BCUT2D eigenvalue weighted by molar-refractivity contribution is 0.0779. The number of rotatable bonds is 2. The summed E-state index contributed by atoms with van der Waals surface area (Å²) in [5, 5.41) is 5.17. The van der Waals surface area contributed by atoms with Gasteiger partial charge in [0.15, 0.2) is 0 Å². The van der Waals surface area contributed by atoms with Gasteiger partial charge in [-0.25, -0.2) is 4.68 Å². The van der Waals surface area contributed by atoms with Gasteiger partial charge in [0, 0.05) is 30.4 Å². The summed E-state index contributed by atoms with van der Waals surface area (Å²) in [7, 11) is 0. The van der Waals surface area contributed by atoms with Gasteiger partial charge in [0.25, 0.3) is 5.91 Å². The van der Waals surface area contributed by atoms with Crippen LogP contribution in [-0.4, -0.2) is 39.7 Å². The molecule has 126 valence electrons. The van der Waals surface area contributed by atoms with Crippen LogP contribution in [-0.2, 0) is 0 Å². The Morgan fingerprint density at radius 3 is 2.71 bits per heavy atom. The van der Waals surface area contributed by atoms with E-state index in [0.29, 0.717) is 22.4 Å².